The Kier molecular flexibility index (Phi) is 5.16. The van der Waals surface area contributed by atoms with E-state index < -0.39 is 5.97 Å². The number of rotatable bonds is 6. The zero-order valence-electron chi connectivity index (χ0n) is 15.1. The van der Waals surface area contributed by atoms with Crippen molar-refractivity contribution in [3.05, 3.63) is 46.3 Å². The number of aromatic nitrogens is 1. The summed E-state index contributed by atoms with van der Waals surface area (Å²) in [5.74, 6) is 0.787. The first-order valence-electron chi connectivity index (χ1n) is 8.51. The minimum Gasteiger partial charge on any atom is -0.465 e. The quantitative estimate of drug-likeness (QED) is 0.774. The lowest BCUT2D eigenvalue weighted by molar-refractivity contribution is 0.0599. The van der Waals surface area contributed by atoms with E-state index in [9.17, 15) is 9.59 Å². The Balaban J connectivity index is 1.65. The fraction of sp³-hybridized carbons (Fsp3) is 0.368. The van der Waals surface area contributed by atoms with E-state index in [4.69, 9.17) is 14.2 Å². The fourth-order valence-corrected chi connectivity index (χ4v) is 3.03. The molecule has 7 nitrogen and oxygen atoms in total. The van der Waals surface area contributed by atoms with Crippen LogP contribution in [0.1, 0.15) is 44.6 Å². The van der Waals surface area contributed by atoms with Gasteiger partial charge in [0, 0.05) is 12.2 Å². The molecule has 1 aliphatic rings. The van der Waals surface area contributed by atoms with Gasteiger partial charge in [0.1, 0.15) is 5.69 Å². The van der Waals surface area contributed by atoms with Gasteiger partial charge in [-0.15, -0.1) is 0 Å². The lowest BCUT2D eigenvalue weighted by Gasteiger charge is -2.06. The number of fused-ring (bicyclic) bond motifs is 1. The lowest BCUT2D eigenvalue weighted by Crippen LogP contribution is -2.26. The van der Waals surface area contributed by atoms with Gasteiger partial charge in [0.05, 0.1) is 12.7 Å². The van der Waals surface area contributed by atoms with Crippen molar-refractivity contribution in [2.45, 2.75) is 26.7 Å². The Morgan fingerprint density at radius 1 is 1.27 bits per heavy atom. The highest BCUT2D eigenvalue weighted by Gasteiger charge is 2.23. The smallest absolute Gasteiger partial charge is 0.339 e. The number of H-pyrrole nitrogens is 1. The predicted octanol–water partition coefficient (Wildman–Crippen LogP) is 2.37. The Morgan fingerprint density at radius 2 is 2.04 bits per heavy atom. The summed E-state index contributed by atoms with van der Waals surface area (Å²) in [7, 11) is 1.33. The summed E-state index contributed by atoms with van der Waals surface area (Å²) in [5, 5.41) is 2.88. The maximum absolute atomic E-state index is 12.5. The van der Waals surface area contributed by atoms with E-state index in [1.807, 2.05) is 25.1 Å². The van der Waals surface area contributed by atoms with Crippen LogP contribution >= 0.6 is 0 Å². The number of amides is 1. The zero-order chi connectivity index (χ0) is 18.7. The molecule has 1 aromatic carbocycles. The van der Waals surface area contributed by atoms with Crippen molar-refractivity contribution in [1.29, 1.82) is 0 Å². The van der Waals surface area contributed by atoms with Gasteiger partial charge in [0.25, 0.3) is 5.91 Å². The van der Waals surface area contributed by atoms with Crippen LogP contribution in [-0.2, 0) is 17.6 Å². The summed E-state index contributed by atoms with van der Waals surface area (Å²) in [6.07, 6.45) is 1.27. The Bertz CT molecular complexity index is 841. The average Bonchev–Trinajstić information content (AvgIpc) is 3.24. The standard InChI is InChI=1S/C19H22N2O5/c1-4-13-16(19(23)24-3)11(2)17(21-13)18(22)20-8-7-12-5-6-14-15(9-12)26-10-25-14/h5-6,9,21H,4,7-8,10H2,1-3H3,(H,20,22). The predicted molar refractivity (Wildman–Crippen MR) is 94.8 cm³/mol. The molecule has 0 radical (unpaired) electrons. The third kappa shape index (κ3) is 3.37. The van der Waals surface area contributed by atoms with Crippen LogP contribution < -0.4 is 14.8 Å². The maximum atomic E-state index is 12.5. The van der Waals surface area contributed by atoms with Gasteiger partial charge in [0.2, 0.25) is 6.79 Å². The normalized spacial score (nSPS) is 12.1. The van der Waals surface area contributed by atoms with Gasteiger partial charge in [-0.2, -0.15) is 0 Å². The lowest BCUT2D eigenvalue weighted by atomic mass is 10.1. The number of aryl methyl sites for hydroxylation is 1. The minimum atomic E-state index is -0.435. The van der Waals surface area contributed by atoms with Crippen molar-refractivity contribution in [3.8, 4) is 11.5 Å². The molecule has 0 fully saturated rings. The molecule has 0 bridgehead atoms. The number of hydrogen-bond donors (Lipinski definition) is 2. The van der Waals surface area contributed by atoms with Crippen molar-refractivity contribution in [1.82, 2.24) is 10.3 Å². The van der Waals surface area contributed by atoms with Gasteiger partial charge >= 0.3 is 5.97 Å². The van der Waals surface area contributed by atoms with Gasteiger partial charge in [-0.3, -0.25) is 4.79 Å². The molecule has 26 heavy (non-hydrogen) atoms. The number of esters is 1. The number of carbonyl (C=O) groups is 2. The van der Waals surface area contributed by atoms with Gasteiger partial charge in [-0.25, -0.2) is 4.79 Å². The third-order valence-electron chi connectivity index (χ3n) is 4.43. The monoisotopic (exact) mass is 358 g/mol. The molecule has 2 aromatic rings. The second kappa shape index (κ2) is 7.51. The summed E-state index contributed by atoms with van der Waals surface area (Å²) in [4.78, 5) is 27.5. The number of carbonyl (C=O) groups excluding carboxylic acids is 2. The molecule has 1 amide bonds. The summed E-state index contributed by atoms with van der Waals surface area (Å²) in [6.45, 7) is 4.36. The van der Waals surface area contributed by atoms with Gasteiger partial charge in [0.15, 0.2) is 11.5 Å². The van der Waals surface area contributed by atoms with E-state index >= 15 is 0 Å². The van der Waals surface area contributed by atoms with Crippen molar-refractivity contribution in [2.75, 3.05) is 20.4 Å². The summed E-state index contributed by atoms with van der Waals surface area (Å²) in [6, 6.07) is 5.73. The van der Waals surface area contributed by atoms with Crippen LogP contribution in [0.4, 0.5) is 0 Å². The number of nitrogens with one attached hydrogen (secondary N) is 2. The van der Waals surface area contributed by atoms with Crippen molar-refractivity contribution >= 4 is 11.9 Å². The second-order valence-electron chi connectivity index (χ2n) is 6.02. The number of hydrogen-bond acceptors (Lipinski definition) is 5. The van der Waals surface area contributed by atoms with Crippen LogP contribution in [0.15, 0.2) is 18.2 Å². The third-order valence-corrected chi connectivity index (χ3v) is 4.43. The van der Waals surface area contributed by atoms with E-state index in [1.165, 1.54) is 7.11 Å². The summed E-state index contributed by atoms with van der Waals surface area (Å²) >= 11 is 0. The van der Waals surface area contributed by atoms with Crippen LogP contribution in [0.25, 0.3) is 0 Å². The highest BCUT2D eigenvalue weighted by molar-refractivity contribution is 6.00. The highest BCUT2D eigenvalue weighted by Crippen LogP contribution is 2.32. The molecule has 1 aromatic heterocycles. The number of methoxy groups -OCH3 is 1. The van der Waals surface area contributed by atoms with Crippen molar-refractivity contribution < 1.29 is 23.8 Å². The molecule has 2 N–H and O–H groups in total. The zero-order valence-corrected chi connectivity index (χ0v) is 15.1. The molecular weight excluding hydrogens is 336 g/mol. The van der Waals surface area contributed by atoms with Crippen LogP contribution in [0.5, 0.6) is 11.5 Å². The SMILES string of the molecule is CCc1[nH]c(C(=O)NCCc2ccc3c(c2)OCO3)c(C)c1C(=O)OC. The molecule has 0 aliphatic carbocycles. The van der Waals surface area contributed by atoms with Gasteiger partial charge < -0.3 is 24.5 Å². The molecule has 1 aliphatic heterocycles. The van der Waals surface area contributed by atoms with E-state index in [1.54, 1.807) is 6.92 Å². The molecule has 0 saturated carbocycles. The van der Waals surface area contributed by atoms with Crippen LogP contribution in [-0.4, -0.2) is 37.3 Å². The first-order chi connectivity index (χ1) is 12.5. The molecule has 0 atom stereocenters. The fourth-order valence-electron chi connectivity index (χ4n) is 3.03. The first-order valence-corrected chi connectivity index (χ1v) is 8.51. The van der Waals surface area contributed by atoms with E-state index in [-0.39, 0.29) is 12.7 Å². The second-order valence-corrected chi connectivity index (χ2v) is 6.02. The van der Waals surface area contributed by atoms with Crippen LogP contribution in [0, 0.1) is 6.92 Å². The minimum absolute atomic E-state index is 0.240. The van der Waals surface area contributed by atoms with E-state index in [0.717, 1.165) is 17.1 Å². The van der Waals surface area contributed by atoms with E-state index in [2.05, 4.69) is 10.3 Å². The van der Waals surface area contributed by atoms with Gasteiger partial charge in [-0.05, 0) is 43.0 Å². The molecular formula is C19H22N2O5. The summed E-state index contributed by atoms with van der Waals surface area (Å²) < 4.78 is 15.5. The van der Waals surface area contributed by atoms with Crippen LogP contribution in [0.2, 0.25) is 0 Å². The number of ether oxygens (including phenoxy) is 3. The largest absolute Gasteiger partial charge is 0.465 e. The maximum Gasteiger partial charge on any atom is 0.339 e. The molecule has 2 heterocycles. The van der Waals surface area contributed by atoms with Gasteiger partial charge in [-0.1, -0.05) is 13.0 Å². The van der Waals surface area contributed by atoms with Crippen LogP contribution in [0.3, 0.4) is 0 Å². The number of benzene rings is 1. The number of aromatic amines is 1. The van der Waals surface area contributed by atoms with Crippen molar-refractivity contribution in [2.24, 2.45) is 0 Å². The average molecular weight is 358 g/mol. The molecule has 0 spiro atoms. The topological polar surface area (TPSA) is 89.7 Å². The van der Waals surface area contributed by atoms with E-state index in [0.29, 0.717) is 41.9 Å². The first kappa shape index (κ1) is 17.8. The Morgan fingerprint density at radius 3 is 2.77 bits per heavy atom. The molecule has 0 unspecified atom stereocenters. The molecule has 0 saturated heterocycles. The highest BCUT2D eigenvalue weighted by atomic mass is 16.7. The Labute approximate surface area is 151 Å². The summed E-state index contributed by atoms with van der Waals surface area (Å²) in [5.41, 5.74) is 3.19. The molecule has 7 heteroatoms. The Hall–Kier alpha value is -2.96. The molecule has 3 rings (SSSR count). The van der Waals surface area contributed by atoms with Crippen molar-refractivity contribution in [3.63, 3.8) is 0 Å². The molecule has 138 valence electrons.